The van der Waals surface area contributed by atoms with Crippen molar-refractivity contribution in [2.45, 2.75) is 52.0 Å². The summed E-state index contributed by atoms with van der Waals surface area (Å²) in [5, 5.41) is 9.25. The molecule has 0 saturated heterocycles. The molecule has 2 aromatic rings. The number of nitrogens with zero attached hydrogens (tertiary/aromatic N) is 1. The van der Waals surface area contributed by atoms with Crippen LogP contribution in [0.3, 0.4) is 0 Å². The number of aliphatic carboxylic acids is 1. The maximum Gasteiger partial charge on any atom is 0.573 e. The first-order valence-electron chi connectivity index (χ1n) is 10.6. The van der Waals surface area contributed by atoms with Crippen LogP contribution in [0.2, 0.25) is 0 Å². The second kappa shape index (κ2) is 7.67. The number of carbonyl (C=O) groups is 2. The van der Waals surface area contributed by atoms with Crippen LogP contribution in [0.1, 0.15) is 44.2 Å². The maximum atomic E-state index is 13.1. The number of amides is 1. The van der Waals surface area contributed by atoms with Crippen molar-refractivity contribution in [1.29, 1.82) is 0 Å². The van der Waals surface area contributed by atoms with Crippen LogP contribution < -0.4 is 14.4 Å². The molecule has 2 unspecified atom stereocenters. The van der Waals surface area contributed by atoms with Gasteiger partial charge in [0.15, 0.2) is 5.60 Å². The van der Waals surface area contributed by atoms with E-state index in [0.29, 0.717) is 41.1 Å². The number of anilines is 1. The van der Waals surface area contributed by atoms with Crippen LogP contribution in [-0.2, 0) is 9.59 Å². The SMILES string of the molecule is CCN1C(=O)C(C)(C)Oc2cc(C)c(-c3cc(C4CC4C(=O)O)ccc3OC(F)(F)F)cc21. The van der Waals surface area contributed by atoms with Crippen molar-refractivity contribution in [1.82, 2.24) is 0 Å². The van der Waals surface area contributed by atoms with Gasteiger partial charge in [-0.15, -0.1) is 13.2 Å². The minimum Gasteiger partial charge on any atom is -0.481 e. The Balaban J connectivity index is 1.86. The van der Waals surface area contributed by atoms with Crippen LogP contribution >= 0.6 is 0 Å². The molecule has 1 fully saturated rings. The third-order valence-electron chi connectivity index (χ3n) is 6.09. The van der Waals surface area contributed by atoms with E-state index in [1.54, 1.807) is 45.9 Å². The van der Waals surface area contributed by atoms with Crippen molar-refractivity contribution in [2.75, 3.05) is 11.4 Å². The zero-order valence-corrected chi connectivity index (χ0v) is 18.6. The average molecular weight is 463 g/mol. The lowest BCUT2D eigenvalue weighted by Gasteiger charge is -2.39. The molecule has 2 atom stereocenters. The van der Waals surface area contributed by atoms with Gasteiger partial charge in [-0.2, -0.15) is 0 Å². The second-order valence-electron chi connectivity index (χ2n) is 8.89. The van der Waals surface area contributed by atoms with Gasteiger partial charge in [0, 0.05) is 12.1 Å². The molecular formula is C24H24F3NO5. The van der Waals surface area contributed by atoms with Crippen molar-refractivity contribution in [2.24, 2.45) is 5.92 Å². The highest BCUT2D eigenvalue weighted by Gasteiger charge is 2.45. The van der Waals surface area contributed by atoms with E-state index in [1.165, 1.54) is 17.0 Å². The van der Waals surface area contributed by atoms with Crippen LogP contribution in [-0.4, -0.2) is 35.5 Å². The lowest BCUT2D eigenvalue weighted by Crippen LogP contribution is -2.52. The summed E-state index contributed by atoms with van der Waals surface area (Å²) in [6, 6.07) is 7.57. The number of hydrogen-bond donors (Lipinski definition) is 1. The zero-order chi connectivity index (χ0) is 24.3. The Hall–Kier alpha value is -3.23. The van der Waals surface area contributed by atoms with E-state index >= 15 is 0 Å². The number of aryl methyl sites for hydroxylation is 1. The number of rotatable bonds is 5. The molecule has 4 rings (SSSR count). The number of likely N-dealkylation sites (N-methyl/N-ethyl adjacent to an activating group) is 1. The molecule has 1 N–H and O–H groups in total. The van der Waals surface area contributed by atoms with E-state index in [-0.39, 0.29) is 17.4 Å². The Morgan fingerprint density at radius 2 is 1.94 bits per heavy atom. The Kier molecular flexibility index (Phi) is 5.34. The van der Waals surface area contributed by atoms with Gasteiger partial charge in [-0.25, -0.2) is 0 Å². The predicted octanol–water partition coefficient (Wildman–Crippen LogP) is 5.27. The fourth-order valence-electron chi connectivity index (χ4n) is 4.36. The number of carbonyl (C=O) groups excluding carboxylic acids is 1. The molecule has 9 heteroatoms. The minimum absolute atomic E-state index is 0.175. The molecule has 176 valence electrons. The molecule has 1 heterocycles. The van der Waals surface area contributed by atoms with Crippen LogP contribution in [0, 0.1) is 12.8 Å². The highest BCUT2D eigenvalue weighted by Crippen LogP contribution is 2.50. The summed E-state index contributed by atoms with van der Waals surface area (Å²) in [6.45, 7) is 7.23. The maximum absolute atomic E-state index is 13.1. The Bertz CT molecular complexity index is 1140. The normalized spacial score (nSPS) is 21.3. The largest absolute Gasteiger partial charge is 0.573 e. The number of halogens is 3. The molecule has 0 bridgehead atoms. The number of benzene rings is 2. The fourth-order valence-corrected chi connectivity index (χ4v) is 4.36. The quantitative estimate of drug-likeness (QED) is 0.654. The number of fused-ring (bicyclic) bond motifs is 1. The fraction of sp³-hybridized carbons (Fsp3) is 0.417. The van der Waals surface area contributed by atoms with E-state index in [9.17, 15) is 27.9 Å². The van der Waals surface area contributed by atoms with Crippen molar-refractivity contribution in [3.05, 3.63) is 41.5 Å². The van der Waals surface area contributed by atoms with Gasteiger partial charge in [0.25, 0.3) is 5.91 Å². The molecule has 0 radical (unpaired) electrons. The molecule has 2 aliphatic rings. The first-order valence-corrected chi connectivity index (χ1v) is 10.6. The molecule has 1 aliphatic carbocycles. The van der Waals surface area contributed by atoms with E-state index in [0.717, 1.165) is 0 Å². The summed E-state index contributed by atoms with van der Waals surface area (Å²) in [5.74, 6) is -1.94. The number of carboxylic acid groups (broad SMARTS) is 1. The van der Waals surface area contributed by atoms with Crippen LogP contribution in [0.4, 0.5) is 18.9 Å². The minimum atomic E-state index is -4.90. The molecule has 1 amide bonds. The predicted molar refractivity (Wildman–Crippen MR) is 115 cm³/mol. The molecule has 1 aliphatic heterocycles. The third kappa shape index (κ3) is 4.24. The summed E-state index contributed by atoms with van der Waals surface area (Å²) in [5.41, 5.74) is 1.26. The first kappa shape index (κ1) is 22.9. The first-order chi connectivity index (χ1) is 15.3. The van der Waals surface area contributed by atoms with E-state index in [4.69, 9.17) is 4.74 Å². The van der Waals surface area contributed by atoms with Gasteiger partial charge >= 0.3 is 12.3 Å². The summed E-state index contributed by atoms with van der Waals surface area (Å²) < 4.78 is 49.6. The molecule has 2 aromatic carbocycles. The second-order valence-corrected chi connectivity index (χ2v) is 8.89. The number of ether oxygens (including phenoxy) is 2. The number of alkyl halides is 3. The van der Waals surface area contributed by atoms with Gasteiger partial charge in [-0.1, -0.05) is 6.07 Å². The highest BCUT2D eigenvalue weighted by molar-refractivity contribution is 6.03. The summed E-state index contributed by atoms with van der Waals surface area (Å²) in [4.78, 5) is 25.7. The van der Waals surface area contributed by atoms with Gasteiger partial charge in [0.1, 0.15) is 11.5 Å². The molecule has 33 heavy (non-hydrogen) atoms. The summed E-state index contributed by atoms with van der Waals surface area (Å²) in [6.07, 6.45) is -4.47. The smallest absolute Gasteiger partial charge is 0.481 e. The summed E-state index contributed by atoms with van der Waals surface area (Å²) in [7, 11) is 0. The van der Waals surface area contributed by atoms with Crippen molar-refractivity contribution in [3.63, 3.8) is 0 Å². The van der Waals surface area contributed by atoms with E-state index in [1.807, 2.05) is 0 Å². The van der Waals surface area contributed by atoms with Crippen LogP contribution in [0.25, 0.3) is 11.1 Å². The monoisotopic (exact) mass is 463 g/mol. The Labute approximate surface area is 188 Å². The molecular weight excluding hydrogens is 439 g/mol. The van der Waals surface area contributed by atoms with Crippen molar-refractivity contribution >= 4 is 17.6 Å². The number of carboxylic acids is 1. The Morgan fingerprint density at radius 1 is 1.24 bits per heavy atom. The van der Waals surface area contributed by atoms with Crippen molar-refractivity contribution < 1.29 is 37.3 Å². The van der Waals surface area contributed by atoms with Crippen LogP contribution in [0.5, 0.6) is 11.5 Å². The topological polar surface area (TPSA) is 76.1 Å². The number of hydrogen-bond acceptors (Lipinski definition) is 4. The molecule has 1 saturated carbocycles. The van der Waals surface area contributed by atoms with Crippen LogP contribution in [0.15, 0.2) is 30.3 Å². The lowest BCUT2D eigenvalue weighted by molar-refractivity contribution is -0.274. The highest BCUT2D eigenvalue weighted by atomic mass is 19.4. The zero-order valence-electron chi connectivity index (χ0n) is 18.6. The standard InChI is InChI=1S/C24H24F3NO5/c1-5-28-18-11-14(12(2)8-20(18)32-23(3,4)22(28)31)16-9-13(15-10-17(15)21(29)30)6-7-19(16)33-24(25,26)27/h6-9,11,15,17H,5,10H2,1-4H3,(H,29,30). The van der Waals surface area contributed by atoms with E-state index < -0.39 is 29.6 Å². The van der Waals surface area contributed by atoms with Gasteiger partial charge in [0.2, 0.25) is 0 Å². The van der Waals surface area contributed by atoms with Gasteiger partial charge in [-0.05, 0) is 81.0 Å². The van der Waals surface area contributed by atoms with Crippen molar-refractivity contribution in [3.8, 4) is 22.6 Å². The summed E-state index contributed by atoms with van der Waals surface area (Å²) >= 11 is 0. The van der Waals surface area contributed by atoms with E-state index in [2.05, 4.69) is 4.74 Å². The van der Waals surface area contributed by atoms with Gasteiger partial charge in [0.05, 0.1) is 11.6 Å². The van der Waals surface area contributed by atoms with Gasteiger partial charge < -0.3 is 19.5 Å². The molecule has 0 aromatic heterocycles. The Morgan fingerprint density at radius 3 is 2.52 bits per heavy atom. The lowest BCUT2D eigenvalue weighted by atomic mass is 9.93. The average Bonchev–Trinajstić information content (AvgIpc) is 3.49. The third-order valence-corrected chi connectivity index (χ3v) is 6.09. The van der Waals surface area contributed by atoms with Gasteiger partial charge in [-0.3, -0.25) is 9.59 Å². The molecule has 0 spiro atoms. The molecule has 6 nitrogen and oxygen atoms in total.